The molecule has 0 atom stereocenters. The van der Waals surface area contributed by atoms with Crippen molar-refractivity contribution < 1.29 is 8.78 Å². The monoisotopic (exact) mass is 332 g/mol. The van der Waals surface area contributed by atoms with E-state index < -0.39 is 11.6 Å². The molecule has 0 saturated heterocycles. The van der Waals surface area contributed by atoms with E-state index in [1.54, 1.807) is 18.2 Å². The second-order valence-electron chi connectivity index (χ2n) is 3.83. The summed E-state index contributed by atoms with van der Waals surface area (Å²) in [5.41, 5.74) is 0.588. The van der Waals surface area contributed by atoms with Crippen LogP contribution < -0.4 is 10.6 Å². The van der Waals surface area contributed by atoms with Gasteiger partial charge in [0.05, 0.1) is 16.4 Å². The zero-order valence-corrected chi connectivity index (χ0v) is 12.2. The van der Waals surface area contributed by atoms with Crippen molar-refractivity contribution in [3.63, 3.8) is 0 Å². The van der Waals surface area contributed by atoms with Gasteiger partial charge in [-0.3, -0.25) is 0 Å². The minimum atomic E-state index is -0.739. The first-order chi connectivity index (χ1) is 9.45. The van der Waals surface area contributed by atoms with Crippen LogP contribution in [0.3, 0.4) is 0 Å². The number of nitrogens with one attached hydrogen (secondary N) is 2. The van der Waals surface area contributed by atoms with Crippen LogP contribution in [0.2, 0.25) is 10.0 Å². The van der Waals surface area contributed by atoms with Crippen LogP contribution in [0.1, 0.15) is 0 Å². The van der Waals surface area contributed by atoms with Crippen molar-refractivity contribution in [2.24, 2.45) is 0 Å². The molecule has 104 valence electrons. The average Bonchev–Trinajstić information content (AvgIpc) is 2.36. The van der Waals surface area contributed by atoms with Gasteiger partial charge in [-0.15, -0.1) is 0 Å². The molecule has 0 fully saturated rings. The molecule has 0 aromatic heterocycles. The molecule has 0 aliphatic heterocycles. The smallest absolute Gasteiger partial charge is 0.175 e. The van der Waals surface area contributed by atoms with Crippen molar-refractivity contribution in [1.82, 2.24) is 0 Å². The third-order valence-electron chi connectivity index (χ3n) is 2.36. The quantitative estimate of drug-likeness (QED) is 0.750. The Labute approximate surface area is 129 Å². The second kappa shape index (κ2) is 6.35. The van der Waals surface area contributed by atoms with Crippen LogP contribution in [0.5, 0.6) is 0 Å². The number of hydrogen-bond acceptors (Lipinski definition) is 1. The largest absolute Gasteiger partial charge is 0.331 e. The lowest BCUT2D eigenvalue weighted by molar-refractivity contribution is 0.586. The fraction of sp³-hybridized carbons (Fsp3) is 0. The fourth-order valence-corrected chi connectivity index (χ4v) is 2.13. The number of thiocarbonyl (C=S) groups is 1. The zero-order chi connectivity index (χ0) is 14.7. The first-order valence-corrected chi connectivity index (χ1v) is 6.60. The Balaban J connectivity index is 2.09. The van der Waals surface area contributed by atoms with E-state index in [9.17, 15) is 8.78 Å². The molecule has 0 unspecified atom stereocenters. The molecule has 0 bridgehead atoms. The minimum Gasteiger partial charge on any atom is -0.331 e. The Morgan fingerprint density at radius 3 is 2.25 bits per heavy atom. The summed E-state index contributed by atoms with van der Waals surface area (Å²) in [4.78, 5) is 0. The van der Waals surface area contributed by atoms with E-state index in [4.69, 9.17) is 35.4 Å². The highest BCUT2D eigenvalue weighted by Crippen LogP contribution is 2.25. The predicted octanol–water partition coefficient (Wildman–Crippen LogP) is 5.08. The van der Waals surface area contributed by atoms with Gasteiger partial charge < -0.3 is 10.6 Å². The normalized spacial score (nSPS) is 10.2. The Bertz CT molecular complexity index is 609. The molecule has 0 amide bonds. The number of halogens is 4. The van der Waals surface area contributed by atoms with Crippen LogP contribution in [0.4, 0.5) is 20.2 Å². The molecule has 0 aliphatic carbocycles. The highest BCUT2D eigenvalue weighted by Gasteiger charge is 2.07. The van der Waals surface area contributed by atoms with Gasteiger partial charge in [0, 0.05) is 11.1 Å². The fourth-order valence-electron chi connectivity index (χ4n) is 1.46. The summed E-state index contributed by atoms with van der Waals surface area (Å²) in [5, 5.41) is 6.40. The number of anilines is 2. The van der Waals surface area contributed by atoms with E-state index in [-0.39, 0.29) is 10.8 Å². The van der Waals surface area contributed by atoms with Gasteiger partial charge in [0.1, 0.15) is 11.6 Å². The minimum absolute atomic E-state index is 0.0639. The molecule has 20 heavy (non-hydrogen) atoms. The van der Waals surface area contributed by atoms with E-state index in [1.165, 1.54) is 6.07 Å². The molecule has 2 rings (SSSR count). The number of benzene rings is 2. The van der Waals surface area contributed by atoms with Crippen molar-refractivity contribution in [1.29, 1.82) is 0 Å². The summed E-state index contributed by atoms with van der Waals surface area (Å²) >= 11 is 16.8. The van der Waals surface area contributed by atoms with Gasteiger partial charge in [0.15, 0.2) is 5.11 Å². The van der Waals surface area contributed by atoms with Crippen molar-refractivity contribution in [3.8, 4) is 0 Å². The van der Waals surface area contributed by atoms with Crippen LogP contribution in [0.15, 0.2) is 36.4 Å². The Morgan fingerprint density at radius 1 is 0.950 bits per heavy atom. The Kier molecular flexibility index (Phi) is 4.75. The Morgan fingerprint density at radius 2 is 1.60 bits per heavy atom. The predicted molar refractivity (Wildman–Crippen MR) is 82.7 cm³/mol. The Hall–Kier alpha value is -1.43. The highest BCUT2D eigenvalue weighted by molar-refractivity contribution is 7.80. The van der Waals surface area contributed by atoms with Gasteiger partial charge in [-0.2, -0.15) is 0 Å². The maximum atomic E-state index is 13.4. The van der Waals surface area contributed by atoms with Gasteiger partial charge in [-0.1, -0.05) is 23.2 Å². The van der Waals surface area contributed by atoms with Gasteiger partial charge >= 0.3 is 0 Å². The van der Waals surface area contributed by atoms with Crippen LogP contribution in [0, 0.1) is 11.6 Å². The molecule has 2 aromatic rings. The van der Waals surface area contributed by atoms with E-state index in [0.717, 1.165) is 12.1 Å². The SMILES string of the molecule is Fc1ccc(NC(=S)Nc2ccc(Cl)cc2Cl)c(F)c1. The lowest BCUT2D eigenvalue weighted by Gasteiger charge is -2.12. The molecule has 0 radical (unpaired) electrons. The highest BCUT2D eigenvalue weighted by atomic mass is 35.5. The van der Waals surface area contributed by atoms with Gasteiger partial charge in [0.25, 0.3) is 0 Å². The summed E-state index contributed by atoms with van der Waals surface area (Å²) in [6.07, 6.45) is 0. The molecule has 0 spiro atoms. The second-order valence-corrected chi connectivity index (χ2v) is 5.08. The standard InChI is InChI=1S/C13H8Cl2F2N2S/c14-7-1-3-11(9(15)5-7)18-13(20)19-12-4-2-8(16)6-10(12)17/h1-6H,(H2,18,19,20). The number of rotatable bonds is 2. The molecule has 2 aromatic carbocycles. The molecule has 0 aliphatic rings. The lowest BCUT2D eigenvalue weighted by atomic mass is 10.3. The topological polar surface area (TPSA) is 24.1 Å². The van der Waals surface area contributed by atoms with Gasteiger partial charge in [-0.25, -0.2) is 8.78 Å². The lowest BCUT2D eigenvalue weighted by Crippen LogP contribution is -2.20. The molecule has 2 nitrogen and oxygen atoms in total. The maximum Gasteiger partial charge on any atom is 0.175 e. The van der Waals surface area contributed by atoms with Gasteiger partial charge in [0.2, 0.25) is 0 Å². The first-order valence-electron chi connectivity index (χ1n) is 5.44. The van der Waals surface area contributed by atoms with Gasteiger partial charge in [-0.05, 0) is 42.5 Å². The van der Waals surface area contributed by atoms with E-state index in [2.05, 4.69) is 10.6 Å². The molecule has 2 N–H and O–H groups in total. The van der Waals surface area contributed by atoms with Crippen LogP contribution in [0.25, 0.3) is 0 Å². The van der Waals surface area contributed by atoms with E-state index >= 15 is 0 Å². The summed E-state index contributed by atoms with van der Waals surface area (Å²) < 4.78 is 26.2. The van der Waals surface area contributed by atoms with E-state index in [1.807, 2.05) is 0 Å². The maximum absolute atomic E-state index is 13.4. The molecular weight excluding hydrogens is 325 g/mol. The third kappa shape index (κ3) is 3.79. The average molecular weight is 333 g/mol. The van der Waals surface area contributed by atoms with Crippen molar-refractivity contribution in [3.05, 3.63) is 58.1 Å². The van der Waals surface area contributed by atoms with Crippen LogP contribution in [-0.4, -0.2) is 5.11 Å². The van der Waals surface area contributed by atoms with Crippen molar-refractivity contribution in [2.75, 3.05) is 10.6 Å². The third-order valence-corrected chi connectivity index (χ3v) is 3.11. The van der Waals surface area contributed by atoms with Crippen molar-refractivity contribution in [2.45, 2.75) is 0 Å². The summed E-state index contributed by atoms with van der Waals surface area (Å²) in [5.74, 6) is -1.40. The first kappa shape index (κ1) is 15.0. The van der Waals surface area contributed by atoms with E-state index in [0.29, 0.717) is 15.7 Å². The van der Waals surface area contributed by atoms with Crippen molar-refractivity contribution >= 4 is 51.9 Å². The zero-order valence-electron chi connectivity index (χ0n) is 9.88. The number of hydrogen-bond donors (Lipinski definition) is 2. The molecular formula is C13H8Cl2F2N2S. The molecule has 0 saturated carbocycles. The summed E-state index contributed by atoms with van der Waals surface area (Å²) in [6.45, 7) is 0. The molecule has 0 heterocycles. The summed E-state index contributed by atoms with van der Waals surface area (Å²) in [7, 11) is 0. The van der Waals surface area contributed by atoms with Crippen LogP contribution in [-0.2, 0) is 0 Å². The summed E-state index contributed by atoms with van der Waals surface area (Å²) in [6, 6.07) is 7.97. The van der Waals surface area contributed by atoms with Crippen LogP contribution >= 0.6 is 35.4 Å². The molecule has 7 heteroatoms.